The molecule has 0 aliphatic rings. The fourth-order valence-corrected chi connectivity index (χ4v) is 2.85. The van der Waals surface area contributed by atoms with Crippen molar-refractivity contribution in [2.45, 2.75) is 13.5 Å². The van der Waals surface area contributed by atoms with Crippen molar-refractivity contribution in [2.24, 2.45) is 0 Å². The van der Waals surface area contributed by atoms with Gasteiger partial charge in [-0.2, -0.15) is 0 Å². The molecule has 4 aromatic rings. The molecule has 4 rings (SSSR count). The van der Waals surface area contributed by atoms with Crippen molar-refractivity contribution >= 4 is 16.9 Å². The number of hydrogen-bond donors (Lipinski definition) is 0. The topological polar surface area (TPSA) is 65.2 Å². The van der Waals surface area contributed by atoms with E-state index in [0.29, 0.717) is 28.1 Å². The highest BCUT2D eigenvalue weighted by atomic mass is 19.1. The number of ether oxygens (including phenoxy) is 1. The number of pyridine rings is 1. The van der Waals surface area contributed by atoms with E-state index in [9.17, 15) is 9.18 Å². The molecule has 0 radical (unpaired) electrons. The molecule has 0 atom stereocenters. The van der Waals surface area contributed by atoms with Crippen molar-refractivity contribution < 1.29 is 18.4 Å². The molecule has 5 nitrogen and oxygen atoms in total. The number of benzene rings is 2. The third-order valence-corrected chi connectivity index (χ3v) is 4.32. The van der Waals surface area contributed by atoms with Gasteiger partial charge in [0.2, 0.25) is 0 Å². The van der Waals surface area contributed by atoms with Gasteiger partial charge >= 0.3 is 5.97 Å². The summed E-state index contributed by atoms with van der Waals surface area (Å²) in [4.78, 5) is 16.8. The number of esters is 1. The summed E-state index contributed by atoms with van der Waals surface area (Å²) in [6, 6.07) is 15.0. The number of fused-ring (bicyclic) bond motifs is 1. The van der Waals surface area contributed by atoms with E-state index in [4.69, 9.17) is 9.26 Å². The Morgan fingerprint density at radius 3 is 2.70 bits per heavy atom. The maximum absolute atomic E-state index is 13.1. The lowest BCUT2D eigenvalue weighted by Gasteiger charge is -2.06. The summed E-state index contributed by atoms with van der Waals surface area (Å²) >= 11 is 0. The Morgan fingerprint density at radius 2 is 1.89 bits per heavy atom. The zero-order valence-corrected chi connectivity index (χ0v) is 14.5. The third kappa shape index (κ3) is 3.29. The predicted octanol–water partition coefficient (Wildman–Crippen LogP) is 4.69. The molecule has 2 heterocycles. The molecule has 0 aliphatic carbocycles. The van der Waals surface area contributed by atoms with Gasteiger partial charge in [0.1, 0.15) is 18.1 Å². The molecule has 134 valence electrons. The van der Waals surface area contributed by atoms with Crippen LogP contribution < -0.4 is 0 Å². The Hall–Kier alpha value is -3.54. The summed E-state index contributed by atoms with van der Waals surface area (Å²) in [5, 5.41) is 4.84. The largest absolute Gasteiger partial charge is 0.455 e. The van der Waals surface area contributed by atoms with Crippen LogP contribution >= 0.6 is 0 Å². The average molecular weight is 362 g/mol. The number of rotatable bonds is 4. The van der Waals surface area contributed by atoms with Gasteiger partial charge in [0.25, 0.3) is 0 Å². The van der Waals surface area contributed by atoms with Crippen LogP contribution in [0.15, 0.2) is 65.3 Å². The number of halogens is 1. The van der Waals surface area contributed by atoms with E-state index in [1.165, 1.54) is 12.1 Å². The maximum atomic E-state index is 13.1. The Morgan fingerprint density at radius 1 is 1.11 bits per heavy atom. The number of nitrogens with zero attached hydrogens (tertiary/aromatic N) is 2. The zero-order valence-electron chi connectivity index (χ0n) is 14.5. The van der Waals surface area contributed by atoms with Crippen LogP contribution in [0.4, 0.5) is 4.39 Å². The minimum absolute atomic E-state index is 0.0292. The monoisotopic (exact) mass is 362 g/mol. The molecular weight excluding hydrogens is 347 g/mol. The van der Waals surface area contributed by atoms with E-state index < -0.39 is 5.97 Å². The molecule has 0 bridgehead atoms. The first-order valence-electron chi connectivity index (χ1n) is 8.35. The highest BCUT2D eigenvalue weighted by molar-refractivity contribution is 6.02. The van der Waals surface area contributed by atoms with Gasteiger partial charge in [-0.05, 0) is 43.3 Å². The van der Waals surface area contributed by atoms with E-state index in [1.54, 1.807) is 30.5 Å². The van der Waals surface area contributed by atoms with E-state index in [1.807, 2.05) is 25.1 Å². The van der Waals surface area contributed by atoms with Crippen molar-refractivity contribution in [3.05, 3.63) is 83.4 Å². The van der Waals surface area contributed by atoms with Gasteiger partial charge in [-0.15, -0.1) is 0 Å². The molecule has 0 spiro atoms. The second-order valence-corrected chi connectivity index (χ2v) is 6.05. The molecule has 0 aliphatic heterocycles. The van der Waals surface area contributed by atoms with Gasteiger partial charge < -0.3 is 9.26 Å². The van der Waals surface area contributed by atoms with Gasteiger partial charge in [-0.25, -0.2) is 9.18 Å². The van der Waals surface area contributed by atoms with Crippen molar-refractivity contribution in [2.75, 3.05) is 0 Å². The van der Waals surface area contributed by atoms with Crippen molar-refractivity contribution in [1.82, 2.24) is 10.1 Å². The summed E-state index contributed by atoms with van der Waals surface area (Å²) in [7, 11) is 0. The minimum atomic E-state index is -0.481. The molecule has 27 heavy (non-hydrogen) atoms. The number of para-hydroxylation sites is 1. The molecule has 6 heteroatoms. The summed E-state index contributed by atoms with van der Waals surface area (Å²) in [6.07, 6.45) is 1.63. The van der Waals surface area contributed by atoms with Crippen LogP contribution in [0, 0.1) is 12.7 Å². The summed E-state index contributed by atoms with van der Waals surface area (Å²) in [5.41, 5.74) is 2.94. The fourth-order valence-electron chi connectivity index (χ4n) is 2.85. The third-order valence-electron chi connectivity index (χ3n) is 4.32. The summed E-state index contributed by atoms with van der Waals surface area (Å²) in [5.74, 6) is -0.285. The Bertz CT molecular complexity index is 1110. The van der Waals surface area contributed by atoms with E-state index in [0.717, 1.165) is 10.9 Å². The molecular formula is C21H15FN2O3. The highest BCUT2D eigenvalue weighted by Crippen LogP contribution is 2.26. The maximum Gasteiger partial charge on any atom is 0.340 e. The lowest BCUT2D eigenvalue weighted by Crippen LogP contribution is -2.07. The second kappa shape index (κ2) is 6.99. The molecule has 0 saturated carbocycles. The van der Waals surface area contributed by atoms with E-state index in [2.05, 4.69) is 10.1 Å². The summed E-state index contributed by atoms with van der Waals surface area (Å²) < 4.78 is 23.8. The van der Waals surface area contributed by atoms with Crippen LogP contribution in [0.3, 0.4) is 0 Å². The normalized spacial score (nSPS) is 10.9. The Kier molecular flexibility index (Phi) is 4.38. The van der Waals surface area contributed by atoms with Gasteiger partial charge in [0, 0.05) is 22.7 Å². The molecule has 0 saturated heterocycles. The van der Waals surface area contributed by atoms with Crippen LogP contribution in [-0.2, 0) is 11.3 Å². The first-order chi connectivity index (χ1) is 13.1. The zero-order chi connectivity index (χ0) is 18.8. The fraction of sp³-hybridized carbons (Fsp3) is 0.0952. The van der Waals surface area contributed by atoms with Crippen LogP contribution in [0.2, 0.25) is 0 Å². The Labute approximate surface area is 154 Å². The standard InChI is InChI=1S/C21H15FN2O3/c1-13-18(24-27-20(13)15-7-9-16(22)10-8-15)12-26-21(25)17-6-2-4-14-5-3-11-23-19(14)17/h2-11H,12H2,1H3. The van der Waals surface area contributed by atoms with Crippen LogP contribution in [0.25, 0.3) is 22.2 Å². The van der Waals surface area contributed by atoms with Crippen LogP contribution in [0.5, 0.6) is 0 Å². The lowest BCUT2D eigenvalue weighted by molar-refractivity contribution is 0.0466. The van der Waals surface area contributed by atoms with Crippen molar-refractivity contribution in [3.8, 4) is 11.3 Å². The van der Waals surface area contributed by atoms with Gasteiger partial charge in [-0.1, -0.05) is 23.4 Å². The predicted molar refractivity (Wildman–Crippen MR) is 97.5 cm³/mol. The quantitative estimate of drug-likeness (QED) is 0.493. The number of carbonyl (C=O) groups excluding carboxylic acids is 1. The lowest BCUT2D eigenvalue weighted by atomic mass is 10.1. The molecule has 2 aromatic heterocycles. The van der Waals surface area contributed by atoms with Crippen LogP contribution in [-0.4, -0.2) is 16.1 Å². The number of hydrogen-bond acceptors (Lipinski definition) is 5. The minimum Gasteiger partial charge on any atom is -0.455 e. The summed E-state index contributed by atoms with van der Waals surface area (Å²) in [6.45, 7) is 1.79. The number of aromatic nitrogens is 2. The van der Waals surface area contributed by atoms with Gasteiger partial charge in [0.15, 0.2) is 5.76 Å². The second-order valence-electron chi connectivity index (χ2n) is 6.05. The van der Waals surface area contributed by atoms with Gasteiger partial charge in [0.05, 0.1) is 11.1 Å². The Balaban J connectivity index is 1.53. The first kappa shape index (κ1) is 16.9. The smallest absolute Gasteiger partial charge is 0.340 e. The van der Waals surface area contributed by atoms with Crippen LogP contribution in [0.1, 0.15) is 21.6 Å². The molecule has 0 amide bonds. The average Bonchev–Trinajstić information content (AvgIpc) is 3.07. The molecule has 2 aromatic carbocycles. The van der Waals surface area contributed by atoms with Crippen molar-refractivity contribution in [3.63, 3.8) is 0 Å². The highest BCUT2D eigenvalue weighted by Gasteiger charge is 2.17. The van der Waals surface area contributed by atoms with Gasteiger partial charge in [-0.3, -0.25) is 4.98 Å². The number of carbonyl (C=O) groups is 1. The van der Waals surface area contributed by atoms with E-state index in [-0.39, 0.29) is 12.4 Å². The SMILES string of the molecule is Cc1c(COC(=O)c2cccc3cccnc23)noc1-c1ccc(F)cc1. The molecule has 0 unspecified atom stereocenters. The molecule has 0 N–H and O–H groups in total. The van der Waals surface area contributed by atoms with Crippen molar-refractivity contribution in [1.29, 1.82) is 0 Å². The first-order valence-corrected chi connectivity index (χ1v) is 8.35. The van der Waals surface area contributed by atoms with E-state index >= 15 is 0 Å². The molecule has 0 fully saturated rings.